The fourth-order valence-corrected chi connectivity index (χ4v) is 12.7. The summed E-state index contributed by atoms with van der Waals surface area (Å²) >= 11 is 0. The van der Waals surface area contributed by atoms with Gasteiger partial charge in [-0.15, -0.1) is 0 Å². The third kappa shape index (κ3) is 84.8. The van der Waals surface area contributed by atoms with Gasteiger partial charge < -0.3 is 18.9 Å². The molecule has 9 nitrogen and oxygen atoms in total. The van der Waals surface area contributed by atoms with Gasteiger partial charge in [0.25, 0.3) is 0 Å². The van der Waals surface area contributed by atoms with Crippen LogP contribution in [0.15, 0.2) is 146 Å². The molecule has 2 unspecified atom stereocenters. The van der Waals surface area contributed by atoms with Crippen molar-refractivity contribution in [2.24, 2.45) is 0 Å². The van der Waals surface area contributed by atoms with Crippen LogP contribution in [-0.4, -0.2) is 74.9 Å². The molecule has 0 rings (SSSR count). The number of hydrogen-bond donors (Lipinski definition) is 1. The fraction of sp³-hybridized carbons (Fsp3) is 0.717. The van der Waals surface area contributed by atoms with E-state index in [1.807, 2.05) is 21.1 Å². The SMILES string of the molecule is CC/C=C\C/C=C\C/C=C\C/C=C\C/C=C\C/C=C\C/C=C\C/C=C\CCCCCCCCCCCCCCCCCCC(=O)OC(COC(=O)CCCCCCCCCCCCCCCCCCCCCCCCCC/C=C\C/C=C\C/C=C\C/C=C\CC)COP(=O)(O)OCC[N+](C)(C)C. The van der Waals surface area contributed by atoms with Crippen molar-refractivity contribution in [3.63, 3.8) is 0 Å². The number of ether oxygens (including phenoxy) is 2. The predicted octanol–water partition coefficient (Wildman–Crippen LogP) is 28.8. The molecule has 0 aliphatic carbocycles. The average molecular weight is 1440 g/mol. The highest BCUT2D eigenvalue weighted by Gasteiger charge is 2.27. The first-order valence-corrected chi connectivity index (χ1v) is 44.1. The van der Waals surface area contributed by atoms with Crippen LogP contribution >= 0.6 is 7.82 Å². The van der Waals surface area contributed by atoms with Gasteiger partial charge in [-0.05, 0) is 116 Å². The van der Waals surface area contributed by atoms with Gasteiger partial charge in [-0.3, -0.25) is 18.6 Å². The summed E-state index contributed by atoms with van der Waals surface area (Å²) in [5.41, 5.74) is 0. The Balaban J connectivity index is 3.93. The first kappa shape index (κ1) is 97.9. The Bertz CT molecular complexity index is 2240. The van der Waals surface area contributed by atoms with Crippen LogP contribution in [0.4, 0.5) is 0 Å². The molecule has 0 aromatic heterocycles. The topological polar surface area (TPSA) is 108 Å². The lowest BCUT2D eigenvalue weighted by Crippen LogP contribution is -2.37. The molecule has 0 aliphatic rings. The van der Waals surface area contributed by atoms with E-state index in [0.29, 0.717) is 17.4 Å². The molecule has 0 aliphatic heterocycles. The number of rotatable bonds is 78. The summed E-state index contributed by atoms with van der Waals surface area (Å²) in [5.74, 6) is -0.784. The van der Waals surface area contributed by atoms with Gasteiger partial charge in [0.05, 0.1) is 27.7 Å². The van der Waals surface area contributed by atoms with Crippen molar-refractivity contribution >= 4 is 19.8 Å². The van der Waals surface area contributed by atoms with E-state index in [0.717, 1.165) is 116 Å². The van der Waals surface area contributed by atoms with Gasteiger partial charge in [0.15, 0.2) is 6.10 Å². The third-order valence-electron chi connectivity index (χ3n) is 18.4. The van der Waals surface area contributed by atoms with Crippen LogP contribution in [0.3, 0.4) is 0 Å². The maximum Gasteiger partial charge on any atom is 0.472 e. The standard InChI is InChI=1S/C92H160NO8P/c1-6-8-10-12-14-16-18-20-22-24-26-28-30-32-34-36-38-40-42-44-45-46-47-49-51-53-55-57-59-61-63-65-67-69-71-73-75-77-79-81-83-85-92(95)101-90(89-100-102(96,97)99-87-86-93(3,4)5)88-98-91(94)84-82-80-78-76-74-72-70-68-66-64-62-60-58-56-54-52-50-48-43-41-39-37-35-33-31-29-27-25-23-21-19-17-15-13-11-9-7-2/h8-11,14-17,20-23,26-29,32,34,38,40,44-45,47,49,90H,6-7,12-13,18-19,24-25,30-31,33,35-37,39,41-43,46,48,50-89H2,1-5H3/p+1/b10-8-,11-9-,16-14-,17-15-,22-20-,23-21-,28-26-,29-27-,34-32-,40-38-,45-44-,49-47-. The first-order chi connectivity index (χ1) is 50.0. The summed E-state index contributed by atoms with van der Waals surface area (Å²) in [6, 6.07) is 0. The number of phosphoric acid groups is 1. The molecule has 0 amide bonds. The minimum Gasteiger partial charge on any atom is -0.462 e. The van der Waals surface area contributed by atoms with E-state index >= 15 is 0 Å². The minimum atomic E-state index is -4.40. The van der Waals surface area contributed by atoms with Crippen molar-refractivity contribution in [3.8, 4) is 0 Å². The molecule has 0 spiro atoms. The van der Waals surface area contributed by atoms with Gasteiger partial charge in [-0.25, -0.2) is 4.57 Å². The summed E-state index contributed by atoms with van der Waals surface area (Å²) < 4.78 is 34.9. The molecule has 102 heavy (non-hydrogen) atoms. The summed E-state index contributed by atoms with van der Waals surface area (Å²) in [4.78, 5) is 36.0. The van der Waals surface area contributed by atoms with Gasteiger partial charge in [0.2, 0.25) is 0 Å². The summed E-state index contributed by atoms with van der Waals surface area (Å²) in [5, 5.41) is 0. The van der Waals surface area contributed by atoms with Crippen LogP contribution in [0.1, 0.15) is 373 Å². The molecule has 2 atom stereocenters. The van der Waals surface area contributed by atoms with Gasteiger partial charge in [0.1, 0.15) is 19.8 Å². The van der Waals surface area contributed by atoms with Crippen LogP contribution in [-0.2, 0) is 32.7 Å². The molecule has 0 bridgehead atoms. The summed E-state index contributed by atoms with van der Waals surface area (Å²) in [6.45, 7) is 4.25. The Kier molecular flexibility index (Phi) is 77.7. The second kappa shape index (κ2) is 81.0. The highest BCUT2D eigenvalue weighted by molar-refractivity contribution is 7.47. The average Bonchev–Trinajstić information content (AvgIpc) is 0.916. The Morgan fingerprint density at radius 2 is 0.529 bits per heavy atom. The lowest BCUT2D eigenvalue weighted by Gasteiger charge is -2.24. The van der Waals surface area contributed by atoms with E-state index < -0.39 is 26.5 Å². The number of phosphoric ester groups is 1. The molecule has 10 heteroatoms. The molecule has 0 fully saturated rings. The molecule has 0 heterocycles. The third-order valence-corrected chi connectivity index (χ3v) is 19.3. The van der Waals surface area contributed by atoms with E-state index in [4.69, 9.17) is 18.5 Å². The lowest BCUT2D eigenvalue weighted by atomic mass is 10.0. The number of esters is 2. The van der Waals surface area contributed by atoms with Crippen LogP contribution in [0.5, 0.6) is 0 Å². The zero-order chi connectivity index (χ0) is 74.0. The minimum absolute atomic E-state index is 0.0294. The van der Waals surface area contributed by atoms with Crippen LogP contribution in [0.25, 0.3) is 0 Å². The van der Waals surface area contributed by atoms with Crippen molar-refractivity contribution in [2.75, 3.05) is 47.5 Å². The number of nitrogens with zero attached hydrogens (tertiary/aromatic N) is 1. The molecule has 0 radical (unpaired) electrons. The Morgan fingerprint density at radius 1 is 0.304 bits per heavy atom. The van der Waals surface area contributed by atoms with Crippen molar-refractivity contribution in [1.29, 1.82) is 0 Å². The maximum atomic E-state index is 12.9. The molecule has 1 N–H and O–H groups in total. The monoisotopic (exact) mass is 1440 g/mol. The lowest BCUT2D eigenvalue weighted by molar-refractivity contribution is -0.870. The summed E-state index contributed by atoms with van der Waals surface area (Å²) in [6.07, 6.45) is 120. The Morgan fingerprint density at radius 3 is 0.784 bits per heavy atom. The molecule has 0 aromatic carbocycles. The fourth-order valence-electron chi connectivity index (χ4n) is 12.0. The van der Waals surface area contributed by atoms with E-state index in [9.17, 15) is 19.0 Å². The van der Waals surface area contributed by atoms with Gasteiger partial charge >= 0.3 is 19.8 Å². The van der Waals surface area contributed by atoms with Gasteiger partial charge in [-0.1, -0.05) is 391 Å². The number of allylic oxidation sites excluding steroid dienone is 24. The Hall–Kier alpha value is -4.11. The molecular formula is C92H161NO8P+. The van der Waals surface area contributed by atoms with Crippen molar-refractivity contribution < 1.29 is 42.1 Å². The van der Waals surface area contributed by atoms with Gasteiger partial charge in [-0.2, -0.15) is 0 Å². The van der Waals surface area contributed by atoms with Crippen LogP contribution in [0, 0.1) is 0 Å². The second-order valence-electron chi connectivity index (χ2n) is 29.5. The normalized spacial score (nSPS) is 13.7. The maximum absolute atomic E-state index is 12.9. The van der Waals surface area contributed by atoms with E-state index in [1.165, 1.54) is 225 Å². The molecule has 0 saturated carbocycles. The first-order valence-electron chi connectivity index (χ1n) is 42.6. The molecule has 586 valence electrons. The van der Waals surface area contributed by atoms with E-state index in [2.05, 4.69) is 160 Å². The zero-order valence-corrected chi connectivity index (χ0v) is 68.0. The number of carbonyl (C=O) groups is 2. The quantitative estimate of drug-likeness (QED) is 0.0211. The van der Waals surface area contributed by atoms with E-state index in [1.54, 1.807) is 0 Å². The molecule has 0 aromatic rings. The van der Waals surface area contributed by atoms with Crippen LogP contribution < -0.4 is 0 Å². The van der Waals surface area contributed by atoms with Crippen molar-refractivity contribution in [1.82, 2.24) is 0 Å². The highest BCUT2D eigenvalue weighted by atomic mass is 31.2. The largest absolute Gasteiger partial charge is 0.472 e. The summed E-state index contributed by atoms with van der Waals surface area (Å²) in [7, 11) is 1.48. The van der Waals surface area contributed by atoms with Gasteiger partial charge in [0, 0.05) is 12.8 Å². The molecular weight excluding hydrogens is 1280 g/mol. The van der Waals surface area contributed by atoms with Crippen molar-refractivity contribution in [3.05, 3.63) is 146 Å². The second-order valence-corrected chi connectivity index (χ2v) is 30.9. The number of likely N-dealkylation sites (N-methyl/N-ethyl adjacent to an activating group) is 1. The van der Waals surface area contributed by atoms with E-state index in [-0.39, 0.29) is 32.0 Å². The Labute approximate surface area is 631 Å². The zero-order valence-electron chi connectivity index (χ0n) is 67.1. The number of unbranched alkanes of at least 4 members (excludes halogenated alkanes) is 40. The smallest absolute Gasteiger partial charge is 0.462 e. The number of hydrogen-bond acceptors (Lipinski definition) is 7. The number of quaternary nitrogens is 1. The van der Waals surface area contributed by atoms with Crippen molar-refractivity contribution in [2.45, 2.75) is 380 Å². The highest BCUT2D eigenvalue weighted by Crippen LogP contribution is 2.43. The predicted molar refractivity (Wildman–Crippen MR) is 445 cm³/mol. The number of carbonyl (C=O) groups excluding carboxylic acids is 2. The van der Waals surface area contributed by atoms with Crippen LogP contribution in [0.2, 0.25) is 0 Å². The molecule has 0 saturated heterocycles.